The van der Waals surface area contributed by atoms with Crippen molar-refractivity contribution in [3.63, 3.8) is 0 Å². The first-order valence-electron chi connectivity index (χ1n) is 16.4. The van der Waals surface area contributed by atoms with E-state index in [1.54, 1.807) is 12.1 Å². The van der Waals surface area contributed by atoms with E-state index in [-0.39, 0.29) is 38.8 Å². The fourth-order valence-electron chi connectivity index (χ4n) is 5.42. The Morgan fingerprint density at radius 1 is 0.490 bits per heavy atom. The lowest BCUT2D eigenvalue weighted by Gasteiger charge is -2.36. The first-order valence-corrected chi connectivity index (χ1v) is 16.4. The lowest BCUT2D eigenvalue weighted by Crippen LogP contribution is -2.53. The summed E-state index contributed by atoms with van der Waals surface area (Å²) in [6.07, 6.45) is -4.08. The minimum Gasteiger partial charge on any atom is -0.457 e. The standard InChI is InChI=1S/C42H42O7/c1-32(43)49-38(31-45-27-33-17-7-2-8-18-33)40(46-28-34-19-9-3-10-20-34)42(48-30-36-23-13-5-14-24-36)41(39(44)37-25-15-6-16-26-37)47-29-35-21-11-4-12-22-35/h2-26,38,40-42H,27-31H2,1H3/t38-,40-,41+,42+/m1/s1. The van der Waals surface area contributed by atoms with E-state index in [2.05, 4.69) is 0 Å². The summed E-state index contributed by atoms with van der Waals surface area (Å²) in [5, 5.41) is 0. The van der Waals surface area contributed by atoms with Gasteiger partial charge in [0.1, 0.15) is 18.3 Å². The van der Waals surface area contributed by atoms with Gasteiger partial charge >= 0.3 is 5.97 Å². The molecule has 252 valence electrons. The monoisotopic (exact) mass is 658 g/mol. The SMILES string of the molecule is CC(=O)O[C@H](COCc1ccccc1)[C@@H](OCc1ccccc1)[C@H](OCc1ccccc1)[C@@H](OCc1ccccc1)C(=O)c1ccccc1. The molecule has 0 amide bonds. The third kappa shape index (κ3) is 11.3. The summed E-state index contributed by atoms with van der Waals surface area (Å²) < 4.78 is 31.9. The van der Waals surface area contributed by atoms with Gasteiger partial charge in [0, 0.05) is 12.5 Å². The second kappa shape index (κ2) is 19.2. The Balaban J connectivity index is 1.54. The van der Waals surface area contributed by atoms with Crippen LogP contribution in [0.4, 0.5) is 0 Å². The van der Waals surface area contributed by atoms with Crippen molar-refractivity contribution in [2.75, 3.05) is 6.61 Å². The van der Waals surface area contributed by atoms with Crippen molar-refractivity contribution in [3.8, 4) is 0 Å². The number of Topliss-reactive ketones (excluding diaryl/α,β-unsaturated/α-hetero) is 1. The van der Waals surface area contributed by atoms with Gasteiger partial charge in [0.2, 0.25) is 0 Å². The van der Waals surface area contributed by atoms with E-state index >= 15 is 0 Å². The molecule has 0 saturated carbocycles. The predicted octanol–water partition coefficient (Wildman–Crippen LogP) is 7.77. The maximum atomic E-state index is 14.4. The topological polar surface area (TPSA) is 80.3 Å². The van der Waals surface area contributed by atoms with Crippen molar-refractivity contribution < 1.29 is 33.3 Å². The third-order valence-electron chi connectivity index (χ3n) is 7.86. The van der Waals surface area contributed by atoms with Crippen molar-refractivity contribution in [2.45, 2.75) is 57.8 Å². The van der Waals surface area contributed by atoms with Gasteiger partial charge in [-0.15, -0.1) is 0 Å². The van der Waals surface area contributed by atoms with Crippen LogP contribution in [0.2, 0.25) is 0 Å². The molecule has 0 saturated heterocycles. The Kier molecular flexibility index (Phi) is 13.8. The molecule has 5 aromatic carbocycles. The molecule has 0 fully saturated rings. The van der Waals surface area contributed by atoms with Crippen LogP contribution in [-0.4, -0.2) is 42.8 Å². The third-order valence-corrected chi connectivity index (χ3v) is 7.86. The Hall–Kier alpha value is -4.92. The van der Waals surface area contributed by atoms with Gasteiger partial charge in [-0.1, -0.05) is 152 Å². The molecule has 5 rings (SSSR count). The molecule has 49 heavy (non-hydrogen) atoms. The van der Waals surface area contributed by atoms with E-state index < -0.39 is 30.4 Å². The average Bonchev–Trinajstić information content (AvgIpc) is 3.15. The van der Waals surface area contributed by atoms with Crippen LogP contribution in [0.25, 0.3) is 0 Å². The second-order valence-electron chi connectivity index (χ2n) is 11.6. The van der Waals surface area contributed by atoms with Crippen LogP contribution >= 0.6 is 0 Å². The van der Waals surface area contributed by atoms with Gasteiger partial charge in [0.25, 0.3) is 0 Å². The van der Waals surface area contributed by atoms with Gasteiger partial charge in [0.15, 0.2) is 11.9 Å². The second-order valence-corrected chi connectivity index (χ2v) is 11.6. The first kappa shape index (κ1) is 35.4. The molecule has 5 aromatic rings. The fourth-order valence-corrected chi connectivity index (χ4v) is 5.42. The van der Waals surface area contributed by atoms with Gasteiger partial charge in [-0.2, -0.15) is 0 Å². The summed E-state index contributed by atoms with van der Waals surface area (Å²) in [5.74, 6) is -0.797. The van der Waals surface area contributed by atoms with Gasteiger partial charge in [0.05, 0.1) is 33.0 Å². The van der Waals surface area contributed by atoms with Crippen LogP contribution < -0.4 is 0 Å². The zero-order chi connectivity index (χ0) is 34.1. The number of carbonyl (C=O) groups is 2. The predicted molar refractivity (Wildman–Crippen MR) is 187 cm³/mol. The zero-order valence-electron chi connectivity index (χ0n) is 27.6. The number of ether oxygens (including phenoxy) is 5. The molecular weight excluding hydrogens is 616 g/mol. The normalized spacial score (nSPS) is 13.6. The average molecular weight is 659 g/mol. The molecule has 0 radical (unpaired) electrons. The number of esters is 1. The molecule has 0 unspecified atom stereocenters. The van der Waals surface area contributed by atoms with Gasteiger partial charge in [-0.05, 0) is 22.3 Å². The fraction of sp³-hybridized carbons (Fsp3) is 0.238. The van der Waals surface area contributed by atoms with Crippen molar-refractivity contribution in [1.82, 2.24) is 0 Å². The van der Waals surface area contributed by atoms with Gasteiger partial charge < -0.3 is 23.7 Å². The lowest BCUT2D eigenvalue weighted by molar-refractivity contribution is -0.194. The summed E-state index contributed by atoms with van der Waals surface area (Å²) in [4.78, 5) is 27.1. The zero-order valence-corrected chi connectivity index (χ0v) is 27.6. The molecular formula is C42H42O7. The van der Waals surface area contributed by atoms with Gasteiger partial charge in [-0.25, -0.2) is 0 Å². The maximum absolute atomic E-state index is 14.4. The van der Waals surface area contributed by atoms with Crippen LogP contribution in [0.5, 0.6) is 0 Å². The van der Waals surface area contributed by atoms with Crippen LogP contribution in [0.3, 0.4) is 0 Å². The molecule has 0 aliphatic carbocycles. The Morgan fingerprint density at radius 2 is 0.878 bits per heavy atom. The molecule has 0 N–H and O–H groups in total. The van der Waals surface area contributed by atoms with E-state index in [0.29, 0.717) is 5.56 Å². The molecule has 0 bridgehead atoms. The number of ketones is 1. The van der Waals surface area contributed by atoms with Crippen molar-refractivity contribution in [1.29, 1.82) is 0 Å². The number of hydrogen-bond donors (Lipinski definition) is 0. The summed E-state index contributed by atoms with van der Waals surface area (Å²) in [7, 11) is 0. The molecule has 0 heterocycles. The molecule has 0 spiro atoms. The number of rotatable bonds is 19. The minimum atomic E-state index is -1.14. The maximum Gasteiger partial charge on any atom is 0.303 e. The largest absolute Gasteiger partial charge is 0.457 e. The highest BCUT2D eigenvalue weighted by molar-refractivity contribution is 6.00. The summed E-state index contributed by atoms with van der Waals surface area (Å²) >= 11 is 0. The highest BCUT2D eigenvalue weighted by atomic mass is 16.6. The van der Waals surface area contributed by atoms with Crippen LogP contribution in [-0.2, 0) is 54.9 Å². The van der Waals surface area contributed by atoms with Crippen LogP contribution in [0, 0.1) is 0 Å². The minimum absolute atomic E-state index is 0.00986. The Bertz CT molecular complexity index is 1670. The lowest BCUT2D eigenvalue weighted by atomic mass is 9.95. The number of carbonyl (C=O) groups excluding carboxylic acids is 2. The Morgan fingerprint density at radius 3 is 1.33 bits per heavy atom. The van der Waals surface area contributed by atoms with Crippen molar-refractivity contribution in [3.05, 3.63) is 179 Å². The molecule has 0 aliphatic rings. The van der Waals surface area contributed by atoms with E-state index in [9.17, 15) is 9.59 Å². The summed E-state index contributed by atoms with van der Waals surface area (Å²) in [6, 6.07) is 47.7. The smallest absolute Gasteiger partial charge is 0.303 e. The van der Waals surface area contributed by atoms with Crippen LogP contribution in [0.1, 0.15) is 39.5 Å². The number of benzene rings is 5. The summed E-state index contributed by atoms with van der Waals surface area (Å²) in [5.41, 5.74) is 4.11. The van der Waals surface area contributed by atoms with E-state index in [1.807, 2.05) is 140 Å². The van der Waals surface area contributed by atoms with E-state index in [4.69, 9.17) is 23.7 Å². The molecule has 7 heteroatoms. The number of hydrogen-bond acceptors (Lipinski definition) is 7. The molecule has 0 aromatic heterocycles. The first-order chi connectivity index (χ1) is 24.1. The Labute approximate surface area is 288 Å². The highest BCUT2D eigenvalue weighted by Crippen LogP contribution is 2.25. The quantitative estimate of drug-likeness (QED) is 0.0663. The van der Waals surface area contributed by atoms with E-state index in [0.717, 1.165) is 22.3 Å². The van der Waals surface area contributed by atoms with Gasteiger partial charge in [-0.3, -0.25) is 9.59 Å². The molecule has 7 nitrogen and oxygen atoms in total. The van der Waals surface area contributed by atoms with E-state index in [1.165, 1.54) is 6.92 Å². The van der Waals surface area contributed by atoms with Crippen molar-refractivity contribution in [2.24, 2.45) is 0 Å². The van der Waals surface area contributed by atoms with Crippen molar-refractivity contribution >= 4 is 11.8 Å². The van der Waals surface area contributed by atoms with Crippen LogP contribution in [0.15, 0.2) is 152 Å². The summed E-state index contributed by atoms with van der Waals surface area (Å²) in [6.45, 7) is 2.08. The molecule has 4 atom stereocenters. The molecule has 0 aliphatic heterocycles. The highest BCUT2D eigenvalue weighted by Gasteiger charge is 2.43.